The lowest BCUT2D eigenvalue weighted by molar-refractivity contribution is -0.136. The Labute approximate surface area is 102 Å². The first kappa shape index (κ1) is 13.0. The van der Waals surface area contributed by atoms with E-state index in [0.717, 1.165) is 6.07 Å². The molecule has 0 unspecified atom stereocenters. The van der Waals surface area contributed by atoms with Gasteiger partial charge in [0.2, 0.25) is 0 Å². The summed E-state index contributed by atoms with van der Waals surface area (Å²) in [4.78, 5) is 2.75. The Morgan fingerprint density at radius 2 is 1.89 bits per heavy atom. The number of halogens is 3. The van der Waals surface area contributed by atoms with Gasteiger partial charge >= 0.3 is 6.18 Å². The highest BCUT2D eigenvalue weighted by Gasteiger charge is 2.33. The standard InChI is InChI=1S/C13H14F3NO/c1-12(2,18)7-9-6-8-4-3-5-10(11(8)17-9)13(14,15)16/h3-6,17-18H,7H2,1-2H3. The van der Waals surface area contributed by atoms with E-state index in [2.05, 4.69) is 4.98 Å². The third-order valence-electron chi connectivity index (χ3n) is 2.64. The molecule has 2 rings (SSSR count). The number of alkyl halides is 3. The number of hydrogen-bond donors (Lipinski definition) is 2. The van der Waals surface area contributed by atoms with Gasteiger partial charge in [-0.25, -0.2) is 0 Å². The van der Waals surface area contributed by atoms with Crippen LogP contribution in [-0.2, 0) is 12.6 Å². The van der Waals surface area contributed by atoms with Crippen molar-refractivity contribution in [2.45, 2.75) is 32.0 Å². The highest BCUT2D eigenvalue weighted by Crippen LogP contribution is 2.34. The van der Waals surface area contributed by atoms with Crippen LogP contribution in [0.15, 0.2) is 24.3 Å². The van der Waals surface area contributed by atoms with Gasteiger partial charge in [-0.15, -0.1) is 0 Å². The quantitative estimate of drug-likeness (QED) is 0.848. The van der Waals surface area contributed by atoms with E-state index in [0.29, 0.717) is 11.1 Å². The molecule has 0 radical (unpaired) electrons. The van der Waals surface area contributed by atoms with Gasteiger partial charge in [0.25, 0.3) is 0 Å². The average Bonchev–Trinajstić information content (AvgIpc) is 2.53. The van der Waals surface area contributed by atoms with Gasteiger partial charge in [-0.2, -0.15) is 13.2 Å². The first-order chi connectivity index (χ1) is 8.17. The number of H-pyrrole nitrogens is 1. The molecule has 98 valence electrons. The predicted octanol–water partition coefficient (Wildman–Crippen LogP) is 3.50. The molecular weight excluding hydrogens is 243 g/mol. The van der Waals surface area contributed by atoms with Crippen molar-refractivity contribution in [2.24, 2.45) is 0 Å². The fourth-order valence-electron chi connectivity index (χ4n) is 2.01. The van der Waals surface area contributed by atoms with Crippen LogP contribution in [-0.4, -0.2) is 15.7 Å². The molecule has 2 aromatic rings. The molecule has 18 heavy (non-hydrogen) atoms. The fourth-order valence-corrected chi connectivity index (χ4v) is 2.01. The van der Waals surface area contributed by atoms with E-state index in [1.54, 1.807) is 26.0 Å². The van der Waals surface area contributed by atoms with E-state index in [1.165, 1.54) is 6.07 Å². The fraction of sp³-hybridized carbons (Fsp3) is 0.385. The molecule has 1 aromatic carbocycles. The highest BCUT2D eigenvalue weighted by molar-refractivity contribution is 5.84. The molecular formula is C13H14F3NO. The topological polar surface area (TPSA) is 36.0 Å². The Balaban J connectivity index is 2.52. The molecule has 0 saturated heterocycles. The molecule has 0 spiro atoms. The summed E-state index contributed by atoms with van der Waals surface area (Å²) in [5, 5.41) is 10.2. The van der Waals surface area contributed by atoms with Crippen molar-refractivity contribution in [3.8, 4) is 0 Å². The van der Waals surface area contributed by atoms with E-state index in [1.807, 2.05) is 0 Å². The third-order valence-corrected chi connectivity index (χ3v) is 2.64. The number of rotatable bonds is 2. The van der Waals surface area contributed by atoms with E-state index in [4.69, 9.17) is 0 Å². The lowest BCUT2D eigenvalue weighted by Gasteiger charge is -2.15. The minimum atomic E-state index is -4.38. The van der Waals surface area contributed by atoms with Gasteiger partial charge in [0.15, 0.2) is 0 Å². The van der Waals surface area contributed by atoms with Gasteiger partial charge in [-0.1, -0.05) is 12.1 Å². The summed E-state index contributed by atoms with van der Waals surface area (Å²) in [5.74, 6) is 0. The average molecular weight is 257 g/mol. The number of fused-ring (bicyclic) bond motifs is 1. The molecule has 0 amide bonds. The van der Waals surface area contributed by atoms with Crippen LogP contribution in [0.3, 0.4) is 0 Å². The predicted molar refractivity (Wildman–Crippen MR) is 63.3 cm³/mol. The Hall–Kier alpha value is -1.49. The smallest absolute Gasteiger partial charge is 0.390 e. The molecule has 0 aliphatic heterocycles. The van der Waals surface area contributed by atoms with Gasteiger partial charge in [-0.3, -0.25) is 0 Å². The van der Waals surface area contributed by atoms with E-state index < -0.39 is 17.3 Å². The van der Waals surface area contributed by atoms with Gasteiger partial charge in [-0.05, 0) is 26.0 Å². The van der Waals surface area contributed by atoms with Crippen LogP contribution in [0.25, 0.3) is 10.9 Å². The molecule has 0 aliphatic carbocycles. The van der Waals surface area contributed by atoms with Crippen LogP contribution in [0.4, 0.5) is 13.2 Å². The first-order valence-corrected chi connectivity index (χ1v) is 5.57. The number of aromatic amines is 1. The van der Waals surface area contributed by atoms with Crippen LogP contribution < -0.4 is 0 Å². The molecule has 0 saturated carbocycles. The first-order valence-electron chi connectivity index (χ1n) is 5.57. The summed E-state index contributed by atoms with van der Waals surface area (Å²) in [6, 6.07) is 5.69. The number of nitrogens with one attached hydrogen (secondary N) is 1. The zero-order valence-corrected chi connectivity index (χ0v) is 10.1. The van der Waals surface area contributed by atoms with Gasteiger partial charge in [0.1, 0.15) is 0 Å². The molecule has 0 fully saturated rings. The van der Waals surface area contributed by atoms with Gasteiger partial charge in [0, 0.05) is 17.5 Å². The van der Waals surface area contributed by atoms with Crippen molar-refractivity contribution in [3.05, 3.63) is 35.5 Å². The van der Waals surface area contributed by atoms with E-state index >= 15 is 0 Å². The maximum absolute atomic E-state index is 12.8. The minimum Gasteiger partial charge on any atom is -0.390 e. The zero-order valence-electron chi connectivity index (χ0n) is 10.1. The van der Waals surface area contributed by atoms with Crippen molar-refractivity contribution >= 4 is 10.9 Å². The molecule has 2 nitrogen and oxygen atoms in total. The number of aliphatic hydroxyl groups is 1. The molecule has 0 atom stereocenters. The largest absolute Gasteiger partial charge is 0.418 e. The number of benzene rings is 1. The molecule has 1 aromatic heterocycles. The summed E-state index contributed by atoms with van der Waals surface area (Å²) in [7, 11) is 0. The second kappa shape index (κ2) is 4.02. The lowest BCUT2D eigenvalue weighted by atomic mass is 10.0. The van der Waals surface area contributed by atoms with E-state index in [-0.39, 0.29) is 11.9 Å². The van der Waals surface area contributed by atoms with Crippen LogP contribution in [0.1, 0.15) is 25.1 Å². The van der Waals surface area contributed by atoms with Crippen LogP contribution in [0.2, 0.25) is 0 Å². The van der Waals surface area contributed by atoms with Crippen molar-refractivity contribution in [1.29, 1.82) is 0 Å². The summed E-state index contributed by atoms with van der Waals surface area (Å²) in [5.41, 5.74) is -0.973. The SMILES string of the molecule is CC(C)(O)Cc1cc2cccc(C(F)(F)F)c2[nH]1. The summed E-state index contributed by atoms with van der Waals surface area (Å²) in [6.07, 6.45) is -4.10. The highest BCUT2D eigenvalue weighted by atomic mass is 19.4. The molecule has 0 bridgehead atoms. The number of para-hydroxylation sites is 1. The Morgan fingerprint density at radius 1 is 1.22 bits per heavy atom. The monoisotopic (exact) mass is 257 g/mol. The second-order valence-corrected chi connectivity index (χ2v) is 5.05. The normalized spacial score (nSPS) is 13.2. The lowest BCUT2D eigenvalue weighted by Crippen LogP contribution is -2.21. The molecule has 0 aliphatic rings. The molecule has 5 heteroatoms. The van der Waals surface area contributed by atoms with E-state index in [9.17, 15) is 18.3 Å². The van der Waals surface area contributed by atoms with Gasteiger partial charge in [0.05, 0.1) is 16.7 Å². The van der Waals surface area contributed by atoms with Crippen molar-refractivity contribution in [2.75, 3.05) is 0 Å². The second-order valence-electron chi connectivity index (χ2n) is 5.05. The number of aromatic nitrogens is 1. The van der Waals surface area contributed by atoms with Crippen molar-refractivity contribution < 1.29 is 18.3 Å². The molecule has 2 N–H and O–H groups in total. The van der Waals surface area contributed by atoms with Crippen LogP contribution in [0.5, 0.6) is 0 Å². The maximum atomic E-state index is 12.8. The van der Waals surface area contributed by atoms with Crippen molar-refractivity contribution in [3.63, 3.8) is 0 Å². The van der Waals surface area contributed by atoms with Crippen LogP contribution in [0, 0.1) is 0 Å². The Bertz CT molecular complexity index is 564. The maximum Gasteiger partial charge on any atom is 0.418 e. The summed E-state index contributed by atoms with van der Waals surface area (Å²) in [6.45, 7) is 3.23. The Kier molecular flexibility index (Phi) is 2.89. The number of hydrogen-bond acceptors (Lipinski definition) is 1. The summed E-state index contributed by atoms with van der Waals surface area (Å²) >= 11 is 0. The van der Waals surface area contributed by atoms with Crippen LogP contribution >= 0.6 is 0 Å². The van der Waals surface area contributed by atoms with Gasteiger partial charge < -0.3 is 10.1 Å². The van der Waals surface area contributed by atoms with Crippen molar-refractivity contribution in [1.82, 2.24) is 4.98 Å². The Morgan fingerprint density at radius 3 is 2.44 bits per heavy atom. The summed E-state index contributed by atoms with van der Waals surface area (Å²) < 4.78 is 38.4. The zero-order chi connectivity index (χ0) is 13.6. The molecule has 1 heterocycles. The third kappa shape index (κ3) is 2.67. The minimum absolute atomic E-state index is 0.0734.